The highest BCUT2D eigenvalue weighted by Crippen LogP contribution is 2.27. The van der Waals surface area contributed by atoms with Crippen molar-refractivity contribution in [3.05, 3.63) is 47.3 Å². The summed E-state index contributed by atoms with van der Waals surface area (Å²) in [6.07, 6.45) is 3.39. The first kappa shape index (κ1) is 16.5. The van der Waals surface area contributed by atoms with E-state index in [1.54, 1.807) is 0 Å². The molecule has 0 fully saturated rings. The number of carbonyl (C=O) groups excluding carboxylic acids is 2. The fraction of sp³-hybridized carbons (Fsp3) is 0.368. The third-order valence-electron chi connectivity index (χ3n) is 5.03. The van der Waals surface area contributed by atoms with Gasteiger partial charge in [0, 0.05) is 23.5 Å². The van der Waals surface area contributed by atoms with Crippen molar-refractivity contribution in [2.75, 3.05) is 6.54 Å². The minimum Gasteiger partial charge on any atom is -0.351 e. The van der Waals surface area contributed by atoms with Crippen molar-refractivity contribution >= 4 is 17.5 Å². The number of amides is 2. The first-order chi connectivity index (χ1) is 12.6. The molecule has 4 rings (SSSR count). The van der Waals surface area contributed by atoms with Crippen LogP contribution < -0.4 is 10.7 Å². The number of carbonyl (C=O) groups is 2. The Kier molecular flexibility index (Phi) is 4.28. The number of hydrogen-bond donors (Lipinski definition) is 2. The average Bonchev–Trinajstić information content (AvgIpc) is 3.33. The van der Waals surface area contributed by atoms with Crippen LogP contribution in [0, 0.1) is 5.92 Å². The standard InChI is InChI=1S/C19H21N5O2/c1-12-14(18(25)22-21-12)10-11-20-19(26)17-15-8-5-9-16(15)24(23-17)13-6-3-2-4-7-13/h2-4,6-7,14H,5,8-11H2,1H3,(H,20,26)(H,22,25). The molecule has 2 amide bonds. The fourth-order valence-corrected chi connectivity index (χ4v) is 3.65. The molecule has 2 heterocycles. The number of fused-ring (bicyclic) bond motifs is 1. The summed E-state index contributed by atoms with van der Waals surface area (Å²) in [7, 11) is 0. The van der Waals surface area contributed by atoms with Crippen LogP contribution in [0.15, 0.2) is 35.4 Å². The Morgan fingerprint density at radius 1 is 1.31 bits per heavy atom. The molecule has 1 aromatic carbocycles. The highest BCUT2D eigenvalue weighted by atomic mass is 16.2. The molecule has 2 aliphatic rings. The summed E-state index contributed by atoms with van der Waals surface area (Å²) >= 11 is 0. The van der Waals surface area contributed by atoms with Crippen LogP contribution in [0.4, 0.5) is 0 Å². The van der Waals surface area contributed by atoms with Gasteiger partial charge >= 0.3 is 0 Å². The van der Waals surface area contributed by atoms with Gasteiger partial charge < -0.3 is 5.32 Å². The molecular formula is C19H21N5O2. The van der Waals surface area contributed by atoms with Crippen LogP contribution in [0.1, 0.15) is 41.5 Å². The van der Waals surface area contributed by atoms with Crippen molar-refractivity contribution in [2.45, 2.75) is 32.6 Å². The quantitative estimate of drug-likeness (QED) is 0.858. The SMILES string of the molecule is CC1=NNC(=O)C1CCNC(=O)c1nn(-c2ccccc2)c2c1CCC2. The predicted molar refractivity (Wildman–Crippen MR) is 97.3 cm³/mol. The topological polar surface area (TPSA) is 88.4 Å². The normalized spacial score (nSPS) is 18.4. The van der Waals surface area contributed by atoms with E-state index in [9.17, 15) is 9.59 Å². The lowest BCUT2D eigenvalue weighted by Crippen LogP contribution is -2.30. The Bertz CT molecular complexity index is 885. The van der Waals surface area contributed by atoms with Crippen molar-refractivity contribution in [1.82, 2.24) is 20.5 Å². The van der Waals surface area contributed by atoms with E-state index in [2.05, 4.69) is 20.9 Å². The van der Waals surface area contributed by atoms with Crippen LogP contribution in [0.3, 0.4) is 0 Å². The van der Waals surface area contributed by atoms with Crippen LogP contribution >= 0.6 is 0 Å². The van der Waals surface area contributed by atoms with Crippen LogP contribution in [-0.4, -0.2) is 33.9 Å². The number of hydrazone groups is 1. The maximum atomic E-state index is 12.7. The van der Waals surface area contributed by atoms with Gasteiger partial charge in [0.15, 0.2) is 5.69 Å². The summed E-state index contributed by atoms with van der Waals surface area (Å²) in [5.74, 6) is -0.542. The summed E-state index contributed by atoms with van der Waals surface area (Å²) in [4.78, 5) is 24.4. The van der Waals surface area contributed by atoms with Crippen molar-refractivity contribution in [3.8, 4) is 5.69 Å². The molecule has 2 N–H and O–H groups in total. The molecule has 1 atom stereocenters. The van der Waals surface area contributed by atoms with E-state index >= 15 is 0 Å². The van der Waals surface area contributed by atoms with Crippen LogP contribution in [0.2, 0.25) is 0 Å². The first-order valence-electron chi connectivity index (χ1n) is 8.93. The van der Waals surface area contributed by atoms with E-state index in [1.165, 1.54) is 0 Å². The molecule has 1 aromatic heterocycles. The maximum absolute atomic E-state index is 12.7. The second-order valence-electron chi connectivity index (χ2n) is 6.70. The van der Waals surface area contributed by atoms with Crippen molar-refractivity contribution in [3.63, 3.8) is 0 Å². The number of nitrogens with one attached hydrogen (secondary N) is 2. The third kappa shape index (κ3) is 2.89. The Morgan fingerprint density at radius 2 is 2.12 bits per heavy atom. The summed E-state index contributed by atoms with van der Waals surface area (Å²) in [6, 6.07) is 9.89. The summed E-state index contributed by atoms with van der Waals surface area (Å²) in [5, 5.41) is 11.4. The van der Waals surface area contributed by atoms with Gasteiger partial charge in [0.2, 0.25) is 5.91 Å². The lowest BCUT2D eigenvalue weighted by molar-refractivity contribution is -0.122. The van der Waals surface area contributed by atoms with Gasteiger partial charge in [-0.3, -0.25) is 9.59 Å². The van der Waals surface area contributed by atoms with E-state index in [-0.39, 0.29) is 17.7 Å². The highest BCUT2D eigenvalue weighted by Gasteiger charge is 2.28. The first-order valence-corrected chi connectivity index (χ1v) is 8.93. The van der Waals surface area contributed by atoms with Crippen molar-refractivity contribution in [2.24, 2.45) is 11.0 Å². The van der Waals surface area contributed by atoms with E-state index in [0.717, 1.165) is 41.9 Å². The number of aromatic nitrogens is 2. The van der Waals surface area contributed by atoms with E-state index < -0.39 is 0 Å². The molecule has 0 saturated heterocycles. The number of para-hydroxylation sites is 1. The Balaban J connectivity index is 1.48. The molecule has 1 aliphatic heterocycles. The summed E-state index contributed by atoms with van der Waals surface area (Å²) < 4.78 is 1.89. The summed E-state index contributed by atoms with van der Waals surface area (Å²) in [5.41, 5.74) is 6.87. The van der Waals surface area contributed by atoms with E-state index in [0.29, 0.717) is 18.7 Å². The lowest BCUT2D eigenvalue weighted by atomic mass is 10.0. The number of hydrogen-bond acceptors (Lipinski definition) is 4. The Morgan fingerprint density at radius 3 is 2.85 bits per heavy atom. The second kappa shape index (κ2) is 6.74. The van der Waals surface area contributed by atoms with Gasteiger partial charge in [0.05, 0.1) is 11.6 Å². The zero-order chi connectivity index (χ0) is 18.1. The zero-order valence-corrected chi connectivity index (χ0v) is 14.7. The van der Waals surface area contributed by atoms with Crippen molar-refractivity contribution in [1.29, 1.82) is 0 Å². The minimum absolute atomic E-state index is 0.106. The molecule has 7 nitrogen and oxygen atoms in total. The third-order valence-corrected chi connectivity index (χ3v) is 5.03. The molecule has 1 aliphatic carbocycles. The molecule has 26 heavy (non-hydrogen) atoms. The molecular weight excluding hydrogens is 330 g/mol. The van der Waals surface area contributed by atoms with Crippen LogP contribution in [0.5, 0.6) is 0 Å². The fourth-order valence-electron chi connectivity index (χ4n) is 3.65. The van der Waals surface area contributed by atoms with Gasteiger partial charge in [-0.1, -0.05) is 18.2 Å². The van der Waals surface area contributed by atoms with Gasteiger partial charge in [0.25, 0.3) is 5.91 Å². The molecule has 2 aromatic rings. The van der Waals surface area contributed by atoms with Crippen LogP contribution in [-0.2, 0) is 17.6 Å². The Labute approximate surface area is 151 Å². The molecule has 7 heteroatoms. The number of rotatable bonds is 5. The van der Waals surface area contributed by atoms with Gasteiger partial charge in [0.1, 0.15) is 0 Å². The average molecular weight is 351 g/mol. The highest BCUT2D eigenvalue weighted by molar-refractivity contribution is 6.06. The molecule has 0 spiro atoms. The van der Waals surface area contributed by atoms with Gasteiger partial charge in [-0.15, -0.1) is 0 Å². The molecule has 0 radical (unpaired) electrons. The molecule has 134 valence electrons. The van der Waals surface area contributed by atoms with Gasteiger partial charge in [-0.05, 0) is 44.7 Å². The van der Waals surface area contributed by atoms with Gasteiger partial charge in [-0.2, -0.15) is 10.2 Å². The Hall–Kier alpha value is -2.96. The van der Waals surface area contributed by atoms with Crippen LogP contribution in [0.25, 0.3) is 5.69 Å². The predicted octanol–water partition coefficient (Wildman–Crippen LogP) is 1.60. The van der Waals surface area contributed by atoms with E-state index in [4.69, 9.17) is 0 Å². The lowest BCUT2D eigenvalue weighted by Gasteiger charge is -2.08. The largest absolute Gasteiger partial charge is 0.351 e. The number of benzene rings is 1. The monoisotopic (exact) mass is 351 g/mol. The molecule has 1 unspecified atom stereocenters. The van der Waals surface area contributed by atoms with Gasteiger partial charge in [-0.25, -0.2) is 10.1 Å². The zero-order valence-electron chi connectivity index (χ0n) is 14.7. The molecule has 0 bridgehead atoms. The number of nitrogens with zero attached hydrogens (tertiary/aromatic N) is 3. The maximum Gasteiger partial charge on any atom is 0.272 e. The van der Waals surface area contributed by atoms with E-state index in [1.807, 2.05) is 41.9 Å². The smallest absolute Gasteiger partial charge is 0.272 e. The minimum atomic E-state index is -0.261. The summed E-state index contributed by atoms with van der Waals surface area (Å²) in [6.45, 7) is 2.23. The molecule has 0 saturated carbocycles. The second-order valence-corrected chi connectivity index (χ2v) is 6.70. The van der Waals surface area contributed by atoms with Crippen molar-refractivity contribution < 1.29 is 9.59 Å².